The molecule has 0 spiro atoms. The third-order valence-electron chi connectivity index (χ3n) is 3.88. The molecule has 1 aromatic carbocycles. The average molecular weight is 356 g/mol. The van der Waals surface area contributed by atoms with E-state index in [9.17, 15) is 4.79 Å². The third kappa shape index (κ3) is 2.96. The molecule has 4 rings (SSSR count). The first-order valence-corrected chi connectivity index (χ1v) is 8.16. The van der Waals surface area contributed by atoms with Crippen molar-refractivity contribution in [1.82, 2.24) is 10.1 Å². The van der Waals surface area contributed by atoms with E-state index in [1.165, 1.54) is 0 Å². The molecular formula is C18H14ClN3O3. The maximum Gasteiger partial charge on any atom is 0.297 e. The van der Waals surface area contributed by atoms with E-state index in [-0.39, 0.29) is 17.8 Å². The van der Waals surface area contributed by atoms with E-state index in [2.05, 4.69) is 10.1 Å². The monoisotopic (exact) mass is 355 g/mol. The van der Waals surface area contributed by atoms with Crippen LogP contribution in [-0.2, 0) is 0 Å². The van der Waals surface area contributed by atoms with Crippen molar-refractivity contribution in [2.45, 2.75) is 13.0 Å². The Balaban J connectivity index is 1.66. The topological polar surface area (TPSA) is 68.5 Å². The molecule has 0 saturated carbocycles. The van der Waals surface area contributed by atoms with Crippen molar-refractivity contribution >= 4 is 23.2 Å². The summed E-state index contributed by atoms with van der Waals surface area (Å²) in [7, 11) is 0. The Morgan fingerprint density at radius 1 is 1.28 bits per heavy atom. The second-order valence-electron chi connectivity index (χ2n) is 5.76. The Bertz CT molecular complexity index is 941. The van der Waals surface area contributed by atoms with E-state index in [0.29, 0.717) is 28.8 Å². The number of hydrogen-bond donors (Lipinski definition) is 0. The van der Waals surface area contributed by atoms with E-state index >= 15 is 0 Å². The van der Waals surface area contributed by atoms with Crippen LogP contribution < -0.4 is 9.64 Å². The minimum absolute atomic E-state index is 0.152. The summed E-state index contributed by atoms with van der Waals surface area (Å²) in [6, 6.07) is 12.4. The molecule has 1 atom stereocenters. The molecule has 0 fully saturated rings. The molecule has 0 aliphatic carbocycles. The van der Waals surface area contributed by atoms with Crippen LogP contribution in [0.25, 0.3) is 11.3 Å². The van der Waals surface area contributed by atoms with Gasteiger partial charge in [0.1, 0.15) is 17.5 Å². The van der Waals surface area contributed by atoms with Gasteiger partial charge < -0.3 is 9.26 Å². The van der Waals surface area contributed by atoms with Crippen LogP contribution in [0.5, 0.6) is 5.88 Å². The molecule has 126 valence electrons. The number of rotatable bonds is 2. The van der Waals surface area contributed by atoms with Crippen LogP contribution in [0.15, 0.2) is 53.2 Å². The number of anilines is 1. The fourth-order valence-electron chi connectivity index (χ4n) is 2.75. The number of benzene rings is 1. The van der Waals surface area contributed by atoms with E-state index in [0.717, 1.165) is 5.56 Å². The Morgan fingerprint density at radius 2 is 2.16 bits per heavy atom. The largest absolute Gasteiger partial charge is 0.471 e. The van der Waals surface area contributed by atoms with Crippen LogP contribution in [0, 0.1) is 0 Å². The summed E-state index contributed by atoms with van der Waals surface area (Å²) in [6.07, 6.45) is 1.47. The molecule has 1 aliphatic heterocycles. The van der Waals surface area contributed by atoms with Crippen molar-refractivity contribution in [3.8, 4) is 17.1 Å². The minimum atomic E-state index is -0.287. The fourth-order valence-corrected chi connectivity index (χ4v) is 2.94. The Kier molecular flexibility index (Phi) is 3.89. The number of nitrogens with zero attached hydrogens (tertiary/aromatic N) is 3. The van der Waals surface area contributed by atoms with Crippen molar-refractivity contribution < 1.29 is 14.1 Å². The second-order valence-corrected chi connectivity index (χ2v) is 6.20. The molecule has 0 radical (unpaired) electrons. The molecule has 1 aliphatic rings. The molecule has 6 nitrogen and oxygen atoms in total. The van der Waals surface area contributed by atoms with Crippen LogP contribution in [0.3, 0.4) is 0 Å². The zero-order chi connectivity index (χ0) is 17.4. The van der Waals surface area contributed by atoms with E-state index in [4.69, 9.17) is 20.9 Å². The highest BCUT2D eigenvalue weighted by molar-refractivity contribution is 6.30. The van der Waals surface area contributed by atoms with Gasteiger partial charge in [-0.3, -0.25) is 9.69 Å². The number of carbonyl (C=O) groups is 1. The number of ether oxygens (including phenoxy) is 1. The normalized spacial score (nSPS) is 16.2. The SMILES string of the molecule is C[C@@H]1CN(C(=O)c2cc(-c3cccc(Cl)c3)no2)c2cccnc2O1. The fraction of sp³-hybridized carbons (Fsp3) is 0.167. The van der Waals surface area contributed by atoms with E-state index in [1.807, 2.05) is 19.1 Å². The lowest BCUT2D eigenvalue weighted by Crippen LogP contribution is -2.42. The number of halogens is 1. The summed E-state index contributed by atoms with van der Waals surface area (Å²) < 4.78 is 10.9. The van der Waals surface area contributed by atoms with Gasteiger partial charge in [0.05, 0.1) is 6.54 Å². The first-order valence-electron chi connectivity index (χ1n) is 7.78. The molecule has 25 heavy (non-hydrogen) atoms. The summed E-state index contributed by atoms with van der Waals surface area (Å²) in [6.45, 7) is 2.29. The standard InChI is InChI=1S/C18H14ClN3O3/c1-11-10-22(15-6-3-7-20-17(15)24-11)18(23)16-9-14(21-25-16)12-4-2-5-13(19)8-12/h2-9,11H,10H2,1H3/t11-/m1/s1. The molecule has 3 aromatic rings. The number of carbonyl (C=O) groups excluding carboxylic acids is 1. The number of fused-ring (bicyclic) bond motifs is 1. The van der Waals surface area contributed by atoms with E-state index in [1.54, 1.807) is 41.4 Å². The predicted molar refractivity (Wildman–Crippen MR) is 93.0 cm³/mol. The maximum absolute atomic E-state index is 12.9. The minimum Gasteiger partial charge on any atom is -0.471 e. The molecule has 0 saturated heterocycles. The van der Waals surface area contributed by atoms with Gasteiger partial charge in [-0.25, -0.2) is 4.98 Å². The highest BCUT2D eigenvalue weighted by atomic mass is 35.5. The number of aromatic nitrogens is 2. The summed E-state index contributed by atoms with van der Waals surface area (Å²) in [5, 5.41) is 4.58. The lowest BCUT2D eigenvalue weighted by Gasteiger charge is -2.31. The summed E-state index contributed by atoms with van der Waals surface area (Å²) in [4.78, 5) is 18.7. The lowest BCUT2D eigenvalue weighted by molar-refractivity contribution is 0.0923. The van der Waals surface area contributed by atoms with Crippen LogP contribution >= 0.6 is 11.6 Å². The van der Waals surface area contributed by atoms with Crippen LogP contribution in [0.1, 0.15) is 17.5 Å². The van der Waals surface area contributed by atoms with Gasteiger partial charge in [0, 0.05) is 22.8 Å². The third-order valence-corrected chi connectivity index (χ3v) is 4.12. The van der Waals surface area contributed by atoms with Crippen molar-refractivity contribution in [3.63, 3.8) is 0 Å². The summed E-state index contributed by atoms with van der Waals surface area (Å²) in [5.41, 5.74) is 1.96. The molecular weight excluding hydrogens is 342 g/mol. The van der Waals surface area contributed by atoms with Gasteiger partial charge in [0.2, 0.25) is 11.6 Å². The molecule has 0 N–H and O–H groups in total. The number of amides is 1. The van der Waals surface area contributed by atoms with Crippen LogP contribution in [-0.4, -0.2) is 28.7 Å². The van der Waals surface area contributed by atoms with Crippen LogP contribution in [0.4, 0.5) is 5.69 Å². The van der Waals surface area contributed by atoms with Gasteiger partial charge in [0.25, 0.3) is 5.91 Å². The average Bonchev–Trinajstić information content (AvgIpc) is 3.10. The molecule has 0 bridgehead atoms. The van der Waals surface area contributed by atoms with Gasteiger partial charge in [0.15, 0.2) is 0 Å². The number of pyridine rings is 1. The first-order chi connectivity index (χ1) is 12.1. The smallest absolute Gasteiger partial charge is 0.297 e. The van der Waals surface area contributed by atoms with Crippen molar-refractivity contribution in [1.29, 1.82) is 0 Å². The maximum atomic E-state index is 12.9. The lowest BCUT2D eigenvalue weighted by atomic mass is 10.1. The van der Waals surface area contributed by atoms with Crippen LogP contribution in [0.2, 0.25) is 5.02 Å². The number of hydrogen-bond acceptors (Lipinski definition) is 5. The zero-order valence-corrected chi connectivity index (χ0v) is 14.1. The summed E-state index contributed by atoms with van der Waals surface area (Å²) >= 11 is 6.00. The second kappa shape index (κ2) is 6.22. The molecule has 2 aromatic heterocycles. The van der Waals surface area contributed by atoms with Crippen molar-refractivity contribution in [2.24, 2.45) is 0 Å². The highest BCUT2D eigenvalue weighted by Crippen LogP contribution is 2.32. The predicted octanol–water partition coefficient (Wildman–Crippen LogP) is 3.82. The Labute approximate surface area is 149 Å². The zero-order valence-electron chi connectivity index (χ0n) is 13.3. The molecule has 1 amide bonds. The summed E-state index contributed by atoms with van der Waals surface area (Å²) in [5.74, 6) is 0.299. The molecule has 0 unspecified atom stereocenters. The van der Waals surface area contributed by atoms with E-state index < -0.39 is 0 Å². The first kappa shape index (κ1) is 15.7. The van der Waals surface area contributed by atoms with Crippen molar-refractivity contribution in [2.75, 3.05) is 11.4 Å². The van der Waals surface area contributed by atoms with Gasteiger partial charge >= 0.3 is 0 Å². The molecule has 7 heteroatoms. The van der Waals surface area contributed by atoms with Gasteiger partial charge in [-0.1, -0.05) is 28.9 Å². The molecule has 3 heterocycles. The Hall–Kier alpha value is -2.86. The van der Waals surface area contributed by atoms with Gasteiger partial charge in [-0.15, -0.1) is 0 Å². The Morgan fingerprint density at radius 3 is 3.00 bits per heavy atom. The van der Waals surface area contributed by atoms with Gasteiger partial charge in [-0.2, -0.15) is 0 Å². The quantitative estimate of drug-likeness (QED) is 0.699. The highest BCUT2D eigenvalue weighted by Gasteiger charge is 2.31. The van der Waals surface area contributed by atoms with Crippen molar-refractivity contribution in [3.05, 3.63) is 59.4 Å². The van der Waals surface area contributed by atoms with Gasteiger partial charge in [-0.05, 0) is 31.2 Å².